The molecule has 1 aromatic carbocycles. The molecule has 1 atom stereocenters. The van der Waals surface area contributed by atoms with Gasteiger partial charge < -0.3 is 5.32 Å². The first-order chi connectivity index (χ1) is 8.02. The van der Waals surface area contributed by atoms with Crippen molar-refractivity contribution in [2.75, 3.05) is 6.54 Å². The second-order valence-corrected chi connectivity index (χ2v) is 6.06. The van der Waals surface area contributed by atoms with Crippen molar-refractivity contribution in [3.63, 3.8) is 0 Å². The van der Waals surface area contributed by atoms with Crippen LogP contribution in [0.4, 0.5) is 0 Å². The molecule has 0 saturated carbocycles. The van der Waals surface area contributed by atoms with Crippen molar-refractivity contribution in [2.24, 2.45) is 0 Å². The monoisotopic (exact) mass is 317 g/mol. The predicted octanol–water partition coefficient (Wildman–Crippen LogP) is 3.94. The molecule has 0 spiro atoms. The fourth-order valence-electron chi connectivity index (χ4n) is 1.53. The second kappa shape index (κ2) is 7.02. The van der Waals surface area contributed by atoms with Crippen molar-refractivity contribution in [1.29, 1.82) is 0 Å². The van der Waals surface area contributed by atoms with Crippen LogP contribution in [0.3, 0.4) is 0 Å². The second-order valence-electron chi connectivity index (χ2n) is 4.09. The van der Waals surface area contributed by atoms with Crippen molar-refractivity contribution in [3.05, 3.63) is 34.3 Å². The Labute approximate surface area is 116 Å². The van der Waals surface area contributed by atoms with Crippen molar-refractivity contribution >= 4 is 33.4 Å². The number of halogens is 2. The van der Waals surface area contributed by atoms with Gasteiger partial charge in [0.25, 0.3) is 5.91 Å². The largest absolute Gasteiger partial charge is 0.352 e. The summed E-state index contributed by atoms with van der Waals surface area (Å²) in [6.45, 7) is 4.65. The summed E-state index contributed by atoms with van der Waals surface area (Å²) in [5.41, 5.74) is 1.49. The highest BCUT2D eigenvalue weighted by atomic mass is 79.9. The van der Waals surface area contributed by atoms with Gasteiger partial charge in [-0.25, -0.2) is 0 Å². The van der Waals surface area contributed by atoms with Gasteiger partial charge in [-0.05, 0) is 37.5 Å². The van der Waals surface area contributed by atoms with Gasteiger partial charge in [-0.2, -0.15) is 0 Å². The molecule has 2 nitrogen and oxygen atoms in total. The Morgan fingerprint density at radius 1 is 1.53 bits per heavy atom. The van der Waals surface area contributed by atoms with E-state index in [0.29, 0.717) is 22.0 Å². The highest BCUT2D eigenvalue weighted by Gasteiger charge is 2.09. The number of nitrogens with one attached hydrogen (secondary N) is 1. The first-order valence-electron chi connectivity index (χ1n) is 5.69. The molecule has 0 aliphatic carbocycles. The van der Waals surface area contributed by atoms with Crippen LogP contribution in [0.1, 0.15) is 35.7 Å². The topological polar surface area (TPSA) is 29.1 Å². The molecule has 94 valence electrons. The Hall–Kier alpha value is -0.540. The van der Waals surface area contributed by atoms with Crippen LogP contribution >= 0.6 is 27.5 Å². The SMILES string of the molecule is Cc1c(Cl)cccc1C(=O)NCCCC(C)Br. The fraction of sp³-hybridized carbons (Fsp3) is 0.462. The lowest BCUT2D eigenvalue weighted by molar-refractivity contribution is 0.0952. The Kier molecular flexibility index (Phi) is 6.00. The minimum atomic E-state index is -0.0489. The summed E-state index contributed by atoms with van der Waals surface area (Å²) in [5.74, 6) is -0.0489. The quantitative estimate of drug-likeness (QED) is 0.646. The highest BCUT2D eigenvalue weighted by Crippen LogP contribution is 2.18. The van der Waals surface area contributed by atoms with Crippen LogP contribution < -0.4 is 5.32 Å². The number of amides is 1. The van der Waals surface area contributed by atoms with E-state index >= 15 is 0 Å². The van der Waals surface area contributed by atoms with Crippen LogP contribution in [0.2, 0.25) is 5.02 Å². The average molecular weight is 319 g/mol. The van der Waals surface area contributed by atoms with E-state index in [1.165, 1.54) is 0 Å². The smallest absolute Gasteiger partial charge is 0.251 e. The molecule has 4 heteroatoms. The van der Waals surface area contributed by atoms with Gasteiger partial charge in [-0.1, -0.05) is 40.5 Å². The fourth-order valence-corrected chi connectivity index (χ4v) is 2.03. The summed E-state index contributed by atoms with van der Waals surface area (Å²) in [6, 6.07) is 5.38. The van der Waals surface area contributed by atoms with E-state index in [-0.39, 0.29) is 5.91 Å². The van der Waals surface area contributed by atoms with Gasteiger partial charge in [0, 0.05) is 22.0 Å². The molecule has 1 N–H and O–H groups in total. The summed E-state index contributed by atoms with van der Waals surface area (Å²) in [7, 11) is 0. The van der Waals surface area contributed by atoms with Crippen LogP contribution in [0.5, 0.6) is 0 Å². The average Bonchev–Trinajstić information content (AvgIpc) is 2.27. The van der Waals surface area contributed by atoms with Crippen LogP contribution in [0.25, 0.3) is 0 Å². The lowest BCUT2D eigenvalue weighted by atomic mass is 10.1. The number of rotatable bonds is 5. The molecule has 17 heavy (non-hydrogen) atoms. The minimum Gasteiger partial charge on any atom is -0.352 e. The number of carbonyl (C=O) groups excluding carboxylic acids is 1. The molecular formula is C13H17BrClNO. The number of hydrogen-bond donors (Lipinski definition) is 1. The van der Waals surface area contributed by atoms with Crippen LogP contribution in [-0.2, 0) is 0 Å². The van der Waals surface area contributed by atoms with Crippen molar-refractivity contribution in [3.8, 4) is 0 Å². The lowest BCUT2D eigenvalue weighted by Crippen LogP contribution is -2.25. The number of benzene rings is 1. The van der Waals surface area contributed by atoms with E-state index in [1.807, 2.05) is 6.92 Å². The summed E-state index contributed by atoms with van der Waals surface area (Å²) < 4.78 is 0. The Bertz CT molecular complexity index is 393. The highest BCUT2D eigenvalue weighted by molar-refractivity contribution is 9.09. The molecular weight excluding hydrogens is 302 g/mol. The zero-order chi connectivity index (χ0) is 12.8. The predicted molar refractivity (Wildman–Crippen MR) is 76.1 cm³/mol. The lowest BCUT2D eigenvalue weighted by Gasteiger charge is -2.09. The minimum absolute atomic E-state index is 0.0489. The summed E-state index contributed by atoms with van der Waals surface area (Å²) >= 11 is 9.45. The van der Waals surface area contributed by atoms with E-state index < -0.39 is 0 Å². The van der Waals surface area contributed by atoms with E-state index in [4.69, 9.17) is 11.6 Å². The first kappa shape index (κ1) is 14.5. The first-order valence-corrected chi connectivity index (χ1v) is 6.99. The van der Waals surface area contributed by atoms with Gasteiger partial charge >= 0.3 is 0 Å². The Morgan fingerprint density at radius 3 is 2.88 bits per heavy atom. The zero-order valence-electron chi connectivity index (χ0n) is 10.1. The van der Waals surface area contributed by atoms with Crippen molar-refractivity contribution in [2.45, 2.75) is 31.5 Å². The maximum Gasteiger partial charge on any atom is 0.251 e. The van der Waals surface area contributed by atoms with E-state index in [0.717, 1.165) is 18.4 Å². The molecule has 0 bridgehead atoms. The van der Waals surface area contributed by atoms with Gasteiger partial charge in [0.2, 0.25) is 0 Å². The third kappa shape index (κ3) is 4.68. The molecule has 0 aliphatic rings. The van der Waals surface area contributed by atoms with Crippen LogP contribution in [0.15, 0.2) is 18.2 Å². The Balaban J connectivity index is 2.50. The molecule has 0 radical (unpaired) electrons. The van der Waals surface area contributed by atoms with Crippen LogP contribution in [-0.4, -0.2) is 17.3 Å². The van der Waals surface area contributed by atoms with Gasteiger partial charge in [0.05, 0.1) is 0 Å². The van der Waals surface area contributed by atoms with Gasteiger partial charge in [0.15, 0.2) is 0 Å². The van der Waals surface area contributed by atoms with Gasteiger partial charge in [0.1, 0.15) is 0 Å². The summed E-state index contributed by atoms with van der Waals surface area (Å²) in [5, 5.41) is 3.54. The molecule has 0 heterocycles. The summed E-state index contributed by atoms with van der Waals surface area (Å²) in [6.07, 6.45) is 2.02. The van der Waals surface area contributed by atoms with E-state index in [2.05, 4.69) is 28.2 Å². The normalized spacial score (nSPS) is 12.2. The van der Waals surface area contributed by atoms with E-state index in [9.17, 15) is 4.79 Å². The Morgan fingerprint density at radius 2 is 2.24 bits per heavy atom. The van der Waals surface area contributed by atoms with Crippen molar-refractivity contribution < 1.29 is 4.79 Å². The molecule has 0 fully saturated rings. The third-order valence-electron chi connectivity index (χ3n) is 2.58. The number of carbonyl (C=O) groups is 1. The van der Waals surface area contributed by atoms with Crippen LogP contribution in [0, 0.1) is 6.92 Å². The van der Waals surface area contributed by atoms with E-state index in [1.54, 1.807) is 18.2 Å². The molecule has 1 unspecified atom stereocenters. The zero-order valence-corrected chi connectivity index (χ0v) is 12.4. The number of alkyl halides is 1. The summed E-state index contributed by atoms with van der Waals surface area (Å²) in [4.78, 5) is 12.4. The molecule has 1 rings (SSSR count). The molecule has 0 aromatic heterocycles. The van der Waals surface area contributed by atoms with Gasteiger partial charge in [-0.3, -0.25) is 4.79 Å². The standard InChI is InChI=1S/C13H17BrClNO/c1-9(14)5-4-8-16-13(17)11-6-3-7-12(15)10(11)2/h3,6-7,9H,4-5,8H2,1-2H3,(H,16,17). The maximum absolute atomic E-state index is 11.9. The molecule has 0 aliphatic heterocycles. The number of hydrogen-bond acceptors (Lipinski definition) is 1. The van der Waals surface area contributed by atoms with Gasteiger partial charge in [-0.15, -0.1) is 0 Å². The van der Waals surface area contributed by atoms with Crippen molar-refractivity contribution in [1.82, 2.24) is 5.32 Å². The third-order valence-corrected chi connectivity index (χ3v) is 3.44. The molecule has 1 aromatic rings. The molecule has 0 saturated heterocycles. The molecule has 1 amide bonds. The maximum atomic E-state index is 11.9.